The quantitative estimate of drug-likeness (QED) is 0.272. The maximum absolute atomic E-state index is 14.6. The van der Waals surface area contributed by atoms with E-state index in [-0.39, 0.29) is 31.2 Å². The molecule has 2 aromatic carbocycles. The summed E-state index contributed by atoms with van der Waals surface area (Å²) in [6.07, 6.45) is 8.56. The average molecular weight is 738 g/mol. The molecule has 3 amide bonds. The first-order valence-corrected chi connectivity index (χ1v) is 19.8. The third-order valence-electron chi connectivity index (χ3n) is 10.1. The maximum atomic E-state index is 14.6. The number of nitrogens with one attached hydrogen (secondary N) is 3. The number of amides is 3. The summed E-state index contributed by atoms with van der Waals surface area (Å²) in [5.74, 6) is -0.587. The fraction of sp³-hybridized carbons (Fsp3) is 0.500. The van der Waals surface area contributed by atoms with Crippen molar-refractivity contribution in [2.24, 2.45) is 5.92 Å². The number of sulfonamides is 1. The molecule has 13 nitrogen and oxygen atoms in total. The summed E-state index contributed by atoms with van der Waals surface area (Å²) in [6.45, 7) is 0.116. The molecule has 0 spiro atoms. The first-order chi connectivity index (χ1) is 24.6. The van der Waals surface area contributed by atoms with Crippen LogP contribution in [0.4, 0.5) is 5.69 Å². The second-order valence-electron chi connectivity index (χ2n) is 13.7. The molecule has 272 valence electrons. The number of thiazole rings is 1. The van der Waals surface area contributed by atoms with Crippen LogP contribution in [0.1, 0.15) is 57.8 Å². The second-order valence-corrected chi connectivity index (χ2v) is 16.7. The highest BCUT2D eigenvalue weighted by molar-refractivity contribution is 7.91. The van der Waals surface area contributed by atoms with Gasteiger partial charge in [-0.2, -0.15) is 0 Å². The van der Waals surface area contributed by atoms with Crippen LogP contribution < -0.4 is 29.6 Å². The van der Waals surface area contributed by atoms with E-state index in [1.807, 2.05) is 54.6 Å². The van der Waals surface area contributed by atoms with Gasteiger partial charge in [-0.25, -0.2) is 13.4 Å². The number of hydrogen-bond donors (Lipinski definition) is 3. The van der Waals surface area contributed by atoms with E-state index < -0.39 is 50.8 Å². The van der Waals surface area contributed by atoms with E-state index in [0.717, 1.165) is 35.9 Å². The Hall–Kier alpha value is -4.37. The Morgan fingerprint density at radius 2 is 1.84 bits per heavy atom. The summed E-state index contributed by atoms with van der Waals surface area (Å²) in [5.41, 5.74) is 0.00925. The van der Waals surface area contributed by atoms with Gasteiger partial charge in [0.2, 0.25) is 21.8 Å². The van der Waals surface area contributed by atoms with Crippen LogP contribution in [0, 0.1) is 5.92 Å². The van der Waals surface area contributed by atoms with E-state index in [4.69, 9.17) is 14.2 Å². The largest absolute Gasteiger partial charge is 0.497 e. The first kappa shape index (κ1) is 35.1. The molecule has 2 aliphatic carbocycles. The maximum Gasteiger partial charge on any atom is 0.274 e. The number of ether oxygens (including phenoxy) is 3. The second kappa shape index (κ2) is 14.3. The van der Waals surface area contributed by atoms with Crippen molar-refractivity contribution in [2.45, 2.75) is 86.8 Å². The van der Waals surface area contributed by atoms with Crippen LogP contribution in [-0.2, 0) is 24.4 Å². The lowest BCUT2D eigenvalue weighted by molar-refractivity contribution is -0.140. The molecule has 1 saturated heterocycles. The zero-order chi connectivity index (χ0) is 35.8. The molecule has 15 heteroatoms. The van der Waals surface area contributed by atoms with Crippen molar-refractivity contribution < 1.29 is 37.0 Å². The SMILES string of the molecule is COc1cccc(N[C@H]2CCCCC/C=C\[C@@H]3C[C@@]3(C(=O)NS(=O)(=O)C3CC3)NC(=O)[C@@H]3C[C@@H](Oc4nc5ccc(OC)cc5s4)CN3C2=O)c1. The standard InChI is InChI=1S/C36H43N5O8S2/c1-47-24-11-8-10-23(17-24)37-29-12-7-5-3-4-6-9-22-20-36(22,34(44)40-51(45,46)27-14-15-27)39-32(42)30-18-26(21-41(30)33(29)43)49-35-38-28-16-13-25(48-2)19-31(28)50-35/h6,8-11,13,16-17,19,22,26-27,29-30,37H,3-5,7,12,14-15,18,20-21H2,1-2H3,(H,39,42)(H,40,44)/b9-6-/t22-,26-,29+,30+,36-/m1/s1. The van der Waals surface area contributed by atoms with Crippen molar-refractivity contribution in [3.05, 3.63) is 54.6 Å². The van der Waals surface area contributed by atoms with E-state index >= 15 is 0 Å². The van der Waals surface area contributed by atoms with Crippen LogP contribution in [0.5, 0.6) is 16.7 Å². The Bertz CT molecular complexity index is 1950. The Morgan fingerprint density at radius 1 is 1.04 bits per heavy atom. The highest BCUT2D eigenvalue weighted by Gasteiger charge is 2.62. The summed E-state index contributed by atoms with van der Waals surface area (Å²) in [7, 11) is -0.673. The van der Waals surface area contributed by atoms with Gasteiger partial charge >= 0.3 is 0 Å². The number of nitrogens with zero attached hydrogens (tertiary/aromatic N) is 2. The first-order valence-electron chi connectivity index (χ1n) is 17.5. The Kier molecular flexibility index (Phi) is 9.85. The smallest absolute Gasteiger partial charge is 0.274 e. The average Bonchev–Trinajstić information content (AvgIpc) is 4.01. The summed E-state index contributed by atoms with van der Waals surface area (Å²) < 4.78 is 45.8. The van der Waals surface area contributed by atoms with E-state index in [0.29, 0.717) is 41.6 Å². The molecular weight excluding hydrogens is 695 g/mol. The molecule has 5 atom stereocenters. The number of aromatic nitrogens is 1. The lowest BCUT2D eigenvalue weighted by Crippen LogP contribution is -2.57. The number of fused-ring (bicyclic) bond motifs is 3. The molecule has 7 rings (SSSR count). The number of hydrogen-bond acceptors (Lipinski definition) is 11. The summed E-state index contributed by atoms with van der Waals surface area (Å²) in [5, 5.41) is 6.13. The fourth-order valence-electron chi connectivity index (χ4n) is 6.97. The van der Waals surface area contributed by atoms with Gasteiger partial charge in [-0.05, 0) is 68.9 Å². The van der Waals surface area contributed by atoms with Crippen LogP contribution in [0.2, 0.25) is 0 Å². The van der Waals surface area contributed by atoms with Crippen LogP contribution in [0.15, 0.2) is 54.6 Å². The van der Waals surface area contributed by atoms with Gasteiger partial charge in [0, 0.05) is 24.1 Å². The van der Waals surface area contributed by atoms with Crippen molar-refractivity contribution >= 4 is 55.0 Å². The third-order valence-corrected chi connectivity index (χ3v) is 12.8. The number of benzene rings is 2. The van der Waals surface area contributed by atoms with E-state index in [2.05, 4.69) is 20.3 Å². The predicted molar refractivity (Wildman–Crippen MR) is 192 cm³/mol. The third kappa shape index (κ3) is 7.64. The summed E-state index contributed by atoms with van der Waals surface area (Å²) in [4.78, 5) is 48.7. The summed E-state index contributed by atoms with van der Waals surface area (Å²) >= 11 is 1.35. The Morgan fingerprint density at radius 3 is 2.63 bits per heavy atom. The van der Waals surface area contributed by atoms with E-state index in [9.17, 15) is 22.8 Å². The Labute approximate surface area is 301 Å². The van der Waals surface area contributed by atoms with Gasteiger partial charge in [0.05, 0.1) is 36.2 Å². The number of carbonyl (C=O) groups excluding carboxylic acids is 3. The number of methoxy groups -OCH3 is 2. The molecule has 3 N–H and O–H groups in total. The van der Waals surface area contributed by atoms with Crippen molar-refractivity contribution in [1.82, 2.24) is 19.9 Å². The van der Waals surface area contributed by atoms with Crippen LogP contribution in [-0.4, -0.2) is 85.8 Å². The van der Waals surface area contributed by atoms with Gasteiger partial charge < -0.3 is 29.7 Å². The van der Waals surface area contributed by atoms with E-state index in [1.165, 1.54) is 16.2 Å². The van der Waals surface area contributed by atoms with Crippen molar-refractivity contribution in [1.29, 1.82) is 0 Å². The van der Waals surface area contributed by atoms with Gasteiger partial charge in [0.1, 0.15) is 35.2 Å². The fourth-order valence-corrected chi connectivity index (χ4v) is 9.24. The molecule has 2 aliphatic heterocycles. The topological polar surface area (TPSA) is 165 Å². The Balaban J connectivity index is 1.18. The molecule has 3 aromatic rings. The number of carbonyl (C=O) groups is 3. The van der Waals surface area contributed by atoms with Gasteiger partial charge in [0.25, 0.3) is 11.1 Å². The number of anilines is 1. The molecule has 4 aliphatic rings. The molecule has 0 bridgehead atoms. The van der Waals surface area contributed by atoms with Gasteiger partial charge in [-0.3, -0.25) is 19.1 Å². The van der Waals surface area contributed by atoms with Crippen LogP contribution in [0.3, 0.4) is 0 Å². The summed E-state index contributed by atoms with van der Waals surface area (Å²) in [6, 6.07) is 11.3. The molecule has 3 heterocycles. The predicted octanol–water partition coefficient (Wildman–Crippen LogP) is 4.15. The molecule has 3 fully saturated rings. The number of rotatable bonds is 9. The molecular formula is C36H43N5O8S2. The minimum Gasteiger partial charge on any atom is -0.497 e. The zero-order valence-corrected chi connectivity index (χ0v) is 30.3. The van der Waals surface area contributed by atoms with Gasteiger partial charge in [-0.15, -0.1) is 0 Å². The molecule has 0 unspecified atom stereocenters. The normalized spacial score (nSPS) is 27.6. The molecule has 2 saturated carbocycles. The zero-order valence-electron chi connectivity index (χ0n) is 28.6. The van der Waals surface area contributed by atoms with Crippen LogP contribution >= 0.6 is 11.3 Å². The van der Waals surface area contributed by atoms with Crippen LogP contribution in [0.25, 0.3) is 10.2 Å². The number of allylic oxidation sites excluding steroid dienone is 1. The van der Waals surface area contributed by atoms with E-state index in [1.54, 1.807) is 14.2 Å². The van der Waals surface area contributed by atoms with Crippen molar-refractivity contribution in [3.8, 4) is 16.7 Å². The lowest BCUT2D eigenvalue weighted by Gasteiger charge is -2.30. The van der Waals surface area contributed by atoms with Gasteiger partial charge in [-0.1, -0.05) is 42.4 Å². The minimum atomic E-state index is -3.85. The highest BCUT2D eigenvalue weighted by atomic mass is 32.2. The molecule has 1 aromatic heterocycles. The lowest BCUT2D eigenvalue weighted by atomic mass is 10.0. The molecule has 0 radical (unpaired) electrons. The van der Waals surface area contributed by atoms with Crippen molar-refractivity contribution in [3.63, 3.8) is 0 Å². The monoisotopic (exact) mass is 737 g/mol. The minimum absolute atomic E-state index is 0.116. The van der Waals surface area contributed by atoms with Crippen molar-refractivity contribution in [2.75, 3.05) is 26.1 Å². The highest BCUT2D eigenvalue weighted by Crippen LogP contribution is 2.46. The van der Waals surface area contributed by atoms with Gasteiger partial charge in [0.15, 0.2) is 0 Å². The molecule has 51 heavy (non-hydrogen) atoms.